The predicted molar refractivity (Wildman–Crippen MR) is 93.6 cm³/mol. The van der Waals surface area contributed by atoms with Crippen LogP contribution in [0.3, 0.4) is 0 Å². The fourth-order valence-electron chi connectivity index (χ4n) is 4.92. The van der Waals surface area contributed by atoms with Crippen molar-refractivity contribution in [3.05, 3.63) is 71.3 Å². The molecular formula is C22H24O. The third-order valence-corrected chi connectivity index (χ3v) is 6.07. The number of hydrogen-bond acceptors (Lipinski definition) is 1. The van der Waals surface area contributed by atoms with Gasteiger partial charge in [0, 0.05) is 18.3 Å². The molecule has 1 fully saturated rings. The first-order valence-electron chi connectivity index (χ1n) is 8.74. The lowest BCUT2D eigenvalue weighted by molar-refractivity contribution is -0.129. The molecular weight excluding hydrogens is 280 g/mol. The van der Waals surface area contributed by atoms with Gasteiger partial charge in [-0.2, -0.15) is 0 Å². The van der Waals surface area contributed by atoms with Gasteiger partial charge in [0.05, 0.1) is 0 Å². The first-order chi connectivity index (χ1) is 11.1. The highest BCUT2D eigenvalue weighted by molar-refractivity contribution is 5.84. The van der Waals surface area contributed by atoms with Crippen LogP contribution in [0, 0.1) is 11.3 Å². The largest absolute Gasteiger partial charge is 0.299 e. The molecule has 2 aromatic rings. The minimum Gasteiger partial charge on any atom is -0.299 e. The summed E-state index contributed by atoms with van der Waals surface area (Å²) in [5.74, 6) is 1.38. The Morgan fingerprint density at radius 3 is 2.30 bits per heavy atom. The molecule has 0 spiro atoms. The highest BCUT2D eigenvalue weighted by Gasteiger charge is 2.48. The normalized spacial score (nSPS) is 28.8. The molecule has 2 aliphatic rings. The average Bonchev–Trinajstić information content (AvgIpc) is 2.58. The smallest absolute Gasteiger partial charge is 0.136 e. The van der Waals surface area contributed by atoms with Crippen LogP contribution in [0.15, 0.2) is 54.6 Å². The summed E-state index contributed by atoms with van der Waals surface area (Å²) >= 11 is 0. The van der Waals surface area contributed by atoms with Crippen molar-refractivity contribution in [1.82, 2.24) is 0 Å². The molecule has 3 atom stereocenters. The van der Waals surface area contributed by atoms with Crippen LogP contribution in [0.1, 0.15) is 61.6 Å². The lowest BCUT2D eigenvalue weighted by Gasteiger charge is -2.48. The maximum atomic E-state index is 12.7. The first kappa shape index (κ1) is 14.7. The summed E-state index contributed by atoms with van der Waals surface area (Å²) < 4.78 is 0. The van der Waals surface area contributed by atoms with E-state index in [2.05, 4.69) is 68.4 Å². The number of hydrogen-bond donors (Lipinski definition) is 0. The molecule has 0 aliphatic heterocycles. The molecule has 2 aromatic carbocycles. The second kappa shape index (κ2) is 5.33. The summed E-state index contributed by atoms with van der Waals surface area (Å²) in [5.41, 5.74) is 4.39. The fraction of sp³-hybridized carbons (Fsp3) is 0.409. The van der Waals surface area contributed by atoms with Crippen molar-refractivity contribution in [3.63, 3.8) is 0 Å². The van der Waals surface area contributed by atoms with Crippen LogP contribution in [0.4, 0.5) is 0 Å². The number of ketones is 1. The Kier molecular flexibility index (Phi) is 3.41. The first-order valence-corrected chi connectivity index (χ1v) is 8.74. The Bertz CT molecular complexity index is 729. The average molecular weight is 304 g/mol. The van der Waals surface area contributed by atoms with Gasteiger partial charge >= 0.3 is 0 Å². The lowest BCUT2D eigenvalue weighted by atomic mass is 9.54. The van der Waals surface area contributed by atoms with Gasteiger partial charge in [-0.15, -0.1) is 0 Å². The number of benzene rings is 2. The molecule has 0 N–H and O–H groups in total. The maximum absolute atomic E-state index is 12.7. The van der Waals surface area contributed by atoms with Crippen molar-refractivity contribution < 1.29 is 4.79 Å². The molecule has 0 saturated heterocycles. The van der Waals surface area contributed by atoms with E-state index in [4.69, 9.17) is 0 Å². The number of carbonyl (C=O) groups excluding carboxylic acids is 1. The van der Waals surface area contributed by atoms with Crippen LogP contribution >= 0.6 is 0 Å². The Hall–Kier alpha value is -1.89. The van der Waals surface area contributed by atoms with Crippen molar-refractivity contribution in [2.45, 2.75) is 44.9 Å². The molecule has 1 nitrogen and oxygen atoms in total. The van der Waals surface area contributed by atoms with Gasteiger partial charge in [0.2, 0.25) is 0 Å². The molecule has 1 heteroatoms. The number of rotatable bonds is 1. The second-order valence-electron chi connectivity index (χ2n) is 7.87. The molecule has 23 heavy (non-hydrogen) atoms. The zero-order chi connectivity index (χ0) is 16.0. The van der Waals surface area contributed by atoms with Gasteiger partial charge < -0.3 is 0 Å². The molecule has 118 valence electrons. The van der Waals surface area contributed by atoms with Crippen molar-refractivity contribution in [3.8, 4) is 0 Å². The molecule has 0 aromatic heterocycles. The SMILES string of the molecule is CC1(C)CCC(=O)[C@@H]2CC(c3ccccc3)c3ccccc3[C@@H]21. The van der Waals surface area contributed by atoms with Crippen LogP contribution in [0.25, 0.3) is 0 Å². The highest BCUT2D eigenvalue weighted by atomic mass is 16.1. The van der Waals surface area contributed by atoms with Gasteiger partial charge in [0.15, 0.2) is 0 Å². The van der Waals surface area contributed by atoms with E-state index in [1.807, 2.05) is 0 Å². The Morgan fingerprint density at radius 1 is 0.913 bits per heavy atom. The summed E-state index contributed by atoms with van der Waals surface area (Å²) in [7, 11) is 0. The van der Waals surface area contributed by atoms with Crippen molar-refractivity contribution >= 4 is 5.78 Å². The van der Waals surface area contributed by atoms with Crippen LogP contribution in [-0.2, 0) is 4.79 Å². The summed E-state index contributed by atoms with van der Waals surface area (Å²) in [6.07, 6.45) is 2.73. The molecule has 1 unspecified atom stereocenters. The van der Waals surface area contributed by atoms with Crippen molar-refractivity contribution in [2.24, 2.45) is 11.3 Å². The molecule has 0 amide bonds. The third kappa shape index (κ3) is 2.34. The third-order valence-electron chi connectivity index (χ3n) is 6.07. The quantitative estimate of drug-likeness (QED) is 0.697. The van der Waals surface area contributed by atoms with Gasteiger partial charge in [-0.1, -0.05) is 68.4 Å². The van der Waals surface area contributed by atoms with E-state index in [0.717, 1.165) is 19.3 Å². The van der Waals surface area contributed by atoms with Crippen molar-refractivity contribution in [1.29, 1.82) is 0 Å². The minimum atomic E-state index is 0.179. The molecule has 2 aliphatic carbocycles. The van der Waals surface area contributed by atoms with Crippen LogP contribution < -0.4 is 0 Å². The van der Waals surface area contributed by atoms with Gasteiger partial charge in [0.25, 0.3) is 0 Å². The standard InChI is InChI=1S/C22H24O/c1-22(2)13-12-20(23)19-14-18(15-8-4-3-5-9-15)16-10-6-7-11-17(16)21(19)22/h3-11,18-19,21H,12-14H2,1-2H3/t18?,19-,21-/m0/s1. The summed E-state index contributed by atoms with van der Waals surface area (Å²) in [5, 5.41) is 0. The fourth-order valence-corrected chi connectivity index (χ4v) is 4.92. The van der Waals surface area contributed by atoms with E-state index < -0.39 is 0 Å². The van der Waals surface area contributed by atoms with Gasteiger partial charge in [-0.3, -0.25) is 4.79 Å². The van der Waals surface area contributed by atoms with Gasteiger partial charge in [0.1, 0.15) is 5.78 Å². The van der Waals surface area contributed by atoms with Gasteiger partial charge in [-0.25, -0.2) is 0 Å². The minimum absolute atomic E-state index is 0.179. The molecule has 0 bridgehead atoms. The number of carbonyl (C=O) groups is 1. The summed E-state index contributed by atoms with van der Waals surface area (Å²) in [6.45, 7) is 4.69. The summed E-state index contributed by atoms with van der Waals surface area (Å²) in [4.78, 5) is 12.7. The molecule has 4 rings (SSSR count). The van der Waals surface area contributed by atoms with Crippen LogP contribution in [0.5, 0.6) is 0 Å². The number of Topliss-reactive ketones (excluding diaryl/α,β-unsaturated/α-hetero) is 1. The molecule has 0 radical (unpaired) electrons. The van der Waals surface area contributed by atoms with E-state index in [1.54, 1.807) is 0 Å². The van der Waals surface area contributed by atoms with E-state index in [-0.39, 0.29) is 11.3 Å². The van der Waals surface area contributed by atoms with E-state index >= 15 is 0 Å². The number of fused-ring (bicyclic) bond motifs is 3. The van der Waals surface area contributed by atoms with Crippen molar-refractivity contribution in [2.75, 3.05) is 0 Å². The van der Waals surface area contributed by atoms with Crippen LogP contribution in [-0.4, -0.2) is 5.78 Å². The molecule has 1 saturated carbocycles. The van der Waals surface area contributed by atoms with Crippen LogP contribution in [0.2, 0.25) is 0 Å². The van der Waals surface area contributed by atoms with E-state index in [0.29, 0.717) is 17.6 Å². The second-order valence-corrected chi connectivity index (χ2v) is 7.87. The summed E-state index contributed by atoms with van der Waals surface area (Å²) in [6, 6.07) is 19.5. The van der Waals surface area contributed by atoms with E-state index in [9.17, 15) is 4.79 Å². The highest BCUT2D eigenvalue weighted by Crippen LogP contribution is 2.56. The Labute approximate surface area is 138 Å². The Morgan fingerprint density at radius 2 is 1.57 bits per heavy atom. The van der Waals surface area contributed by atoms with Gasteiger partial charge in [-0.05, 0) is 40.9 Å². The van der Waals surface area contributed by atoms with E-state index in [1.165, 1.54) is 16.7 Å². The zero-order valence-electron chi connectivity index (χ0n) is 14.0. The molecule has 0 heterocycles. The topological polar surface area (TPSA) is 17.1 Å². The maximum Gasteiger partial charge on any atom is 0.136 e. The Balaban J connectivity index is 1.88. The lowest BCUT2D eigenvalue weighted by Crippen LogP contribution is -2.42. The predicted octanol–water partition coefficient (Wildman–Crippen LogP) is 5.31. The zero-order valence-corrected chi connectivity index (χ0v) is 14.0. The monoisotopic (exact) mass is 304 g/mol.